The van der Waals surface area contributed by atoms with Gasteiger partial charge in [-0.15, -0.1) is 5.10 Å². The van der Waals surface area contributed by atoms with Gasteiger partial charge < -0.3 is 18.6 Å². The molecule has 1 unspecified atom stereocenters. The zero-order chi connectivity index (χ0) is 26.4. The molecule has 198 valence electrons. The van der Waals surface area contributed by atoms with E-state index in [-0.39, 0.29) is 29.3 Å². The first-order valence-electron chi connectivity index (χ1n) is 12.0. The van der Waals surface area contributed by atoms with Crippen molar-refractivity contribution in [2.24, 2.45) is 5.92 Å². The average molecular weight is 531 g/mol. The van der Waals surface area contributed by atoms with Crippen molar-refractivity contribution in [3.05, 3.63) is 42.5 Å². The number of aromatic nitrogens is 2. The highest BCUT2D eigenvalue weighted by Crippen LogP contribution is 2.33. The van der Waals surface area contributed by atoms with Crippen molar-refractivity contribution < 1.29 is 31.8 Å². The van der Waals surface area contributed by atoms with Gasteiger partial charge in [-0.25, -0.2) is 8.42 Å². The molecule has 2 aromatic carbocycles. The third kappa shape index (κ3) is 6.03. The molecule has 11 nitrogen and oxygen atoms in total. The maximum atomic E-state index is 13.1. The Morgan fingerprint density at radius 2 is 1.81 bits per heavy atom. The van der Waals surface area contributed by atoms with Crippen LogP contribution in [0.4, 0.5) is 6.01 Å². The highest BCUT2D eigenvalue weighted by molar-refractivity contribution is 7.89. The lowest BCUT2D eigenvalue weighted by Crippen LogP contribution is -2.43. The number of ether oxygens (including phenoxy) is 3. The van der Waals surface area contributed by atoms with E-state index < -0.39 is 15.9 Å². The molecule has 12 heteroatoms. The molecule has 2 heterocycles. The van der Waals surface area contributed by atoms with E-state index in [1.165, 1.54) is 23.5 Å². The summed E-state index contributed by atoms with van der Waals surface area (Å²) in [6.45, 7) is 5.10. The fraction of sp³-hybridized carbons (Fsp3) is 0.400. The summed E-state index contributed by atoms with van der Waals surface area (Å²) in [4.78, 5) is 13.1. The lowest BCUT2D eigenvalue weighted by atomic mass is 9.99. The standard InChI is InChI=1S/C25H30N4O7S/c1-4-34-21-13-8-17(15-22(21)35-5-2)24-27-28-25(36-24)26-23(30)18-7-6-14-29(16-18)37(31,32)20-11-9-19(33-3)10-12-20/h8-13,15,18H,4-7,14,16H2,1-3H3,(H,26,28,30). The maximum absolute atomic E-state index is 13.1. The van der Waals surface area contributed by atoms with E-state index in [4.69, 9.17) is 18.6 Å². The predicted molar refractivity (Wildman–Crippen MR) is 135 cm³/mol. The Balaban J connectivity index is 1.43. The monoisotopic (exact) mass is 530 g/mol. The molecule has 37 heavy (non-hydrogen) atoms. The van der Waals surface area contributed by atoms with Crippen molar-refractivity contribution in [3.8, 4) is 28.7 Å². The van der Waals surface area contributed by atoms with E-state index in [2.05, 4.69) is 15.5 Å². The lowest BCUT2D eigenvalue weighted by Gasteiger charge is -2.30. The first-order valence-corrected chi connectivity index (χ1v) is 13.5. The number of carbonyl (C=O) groups is 1. The minimum atomic E-state index is -3.75. The van der Waals surface area contributed by atoms with Crippen molar-refractivity contribution in [1.29, 1.82) is 0 Å². The Hall–Kier alpha value is -3.64. The number of anilines is 1. The van der Waals surface area contributed by atoms with Gasteiger partial charge in [0.05, 0.1) is 31.1 Å². The summed E-state index contributed by atoms with van der Waals surface area (Å²) in [6, 6.07) is 11.4. The third-order valence-corrected chi connectivity index (χ3v) is 7.78. The number of methoxy groups -OCH3 is 1. The van der Waals surface area contributed by atoms with E-state index in [9.17, 15) is 13.2 Å². The van der Waals surface area contributed by atoms with E-state index >= 15 is 0 Å². The number of hydrogen-bond acceptors (Lipinski definition) is 9. The van der Waals surface area contributed by atoms with Crippen LogP contribution in [0.1, 0.15) is 26.7 Å². The maximum Gasteiger partial charge on any atom is 0.322 e. The molecule has 0 aliphatic carbocycles. The van der Waals surface area contributed by atoms with Gasteiger partial charge in [0.15, 0.2) is 11.5 Å². The summed E-state index contributed by atoms with van der Waals surface area (Å²) < 4.78 is 49.5. The van der Waals surface area contributed by atoms with Crippen LogP contribution in [-0.2, 0) is 14.8 Å². The van der Waals surface area contributed by atoms with Crippen molar-refractivity contribution in [2.45, 2.75) is 31.6 Å². The molecule has 1 amide bonds. The topological polar surface area (TPSA) is 133 Å². The van der Waals surface area contributed by atoms with Gasteiger partial charge in [0, 0.05) is 18.7 Å². The minimum absolute atomic E-state index is 0.0534. The largest absolute Gasteiger partial charge is 0.497 e. The van der Waals surface area contributed by atoms with E-state index in [0.717, 1.165) is 0 Å². The minimum Gasteiger partial charge on any atom is -0.497 e. The van der Waals surface area contributed by atoms with Crippen LogP contribution in [0, 0.1) is 5.92 Å². The number of carbonyl (C=O) groups excluding carboxylic acids is 1. The summed E-state index contributed by atoms with van der Waals surface area (Å²) in [7, 11) is -2.24. The molecule has 0 bridgehead atoms. The SMILES string of the molecule is CCOc1ccc(-c2nnc(NC(=O)C3CCCN(S(=O)(=O)c4ccc(OC)cc4)C3)o2)cc1OCC. The highest BCUT2D eigenvalue weighted by Gasteiger charge is 2.34. The van der Waals surface area contributed by atoms with Crippen LogP contribution < -0.4 is 19.5 Å². The Bertz CT molecular complexity index is 1330. The van der Waals surface area contributed by atoms with Gasteiger partial charge in [-0.05, 0) is 69.2 Å². The summed E-state index contributed by atoms with van der Waals surface area (Å²) in [5.74, 6) is 0.969. The third-order valence-electron chi connectivity index (χ3n) is 5.90. The van der Waals surface area contributed by atoms with Crippen molar-refractivity contribution >= 4 is 21.9 Å². The van der Waals surface area contributed by atoms with Gasteiger partial charge in [-0.1, -0.05) is 5.10 Å². The molecule has 0 radical (unpaired) electrons. The molecule has 3 aromatic rings. The number of amides is 1. The molecule has 1 atom stereocenters. The normalized spacial score (nSPS) is 16.2. The quantitative estimate of drug-likeness (QED) is 0.417. The Labute approximate surface area is 215 Å². The van der Waals surface area contributed by atoms with Gasteiger partial charge in [0.25, 0.3) is 0 Å². The molecule has 4 rings (SSSR count). The van der Waals surface area contributed by atoms with Gasteiger partial charge in [0.1, 0.15) is 5.75 Å². The van der Waals surface area contributed by atoms with Gasteiger partial charge in [-0.2, -0.15) is 4.31 Å². The van der Waals surface area contributed by atoms with Crippen LogP contribution in [0.15, 0.2) is 51.8 Å². The van der Waals surface area contributed by atoms with Crippen molar-refractivity contribution in [1.82, 2.24) is 14.5 Å². The lowest BCUT2D eigenvalue weighted by molar-refractivity contribution is -0.121. The first-order chi connectivity index (χ1) is 17.8. The number of sulfonamides is 1. The van der Waals surface area contributed by atoms with Crippen LogP contribution >= 0.6 is 0 Å². The summed E-state index contributed by atoms with van der Waals surface area (Å²) in [5.41, 5.74) is 0.606. The number of nitrogens with zero attached hydrogens (tertiary/aromatic N) is 3. The molecule has 0 saturated carbocycles. The second kappa shape index (κ2) is 11.6. The van der Waals surface area contributed by atoms with Crippen LogP contribution in [-0.4, -0.2) is 62.2 Å². The van der Waals surface area contributed by atoms with Crippen molar-refractivity contribution in [3.63, 3.8) is 0 Å². The Kier molecular flexibility index (Phi) is 8.29. The van der Waals surface area contributed by atoms with Gasteiger partial charge in [-0.3, -0.25) is 10.1 Å². The van der Waals surface area contributed by atoms with Gasteiger partial charge >= 0.3 is 6.01 Å². The second-order valence-corrected chi connectivity index (χ2v) is 10.2. The van der Waals surface area contributed by atoms with Gasteiger partial charge in [0.2, 0.25) is 21.8 Å². The number of rotatable bonds is 10. The molecule has 1 aromatic heterocycles. The molecule has 1 N–H and O–H groups in total. The average Bonchev–Trinajstić information content (AvgIpc) is 3.38. The summed E-state index contributed by atoms with van der Waals surface area (Å²) >= 11 is 0. The number of piperidine rings is 1. The number of nitrogens with one attached hydrogen (secondary N) is 1. The molecule has 1 aliphatic rings. The molecular formula is C25H30N4O7S. The molecular weight excluding hydrogens is 500 g/mol. The zero-order valence-corrected chi connectivity index (χ0v) is 21.8. The van der Waals surface area contributed by atoms with E-state index in [1.807, 2.05) is 13.8 Å². The molecule has 1 fully saturated rings. The second-order valence-electron chi connectivity index (χ2n) is 8.31. The van der Waals surface area contributed by atoms with E-state index in [1.54, 1.807) is 30.3 Å². The Morgan fingerprint density at radius 3 is 2.51 bits per heavy atom. The highest BCUT2D eigenvalue weighted by atomic mass is 32.2. The Morgan fingerprint density at radius 1 is 1.08 bits per heavy atom. The number of hydrogen-bond donors (Lipinski definition) is 1. The van der Waals surface area contributed by atoms with Crippen molar-refractivity contribution in [2.75, 3.05) is 38.7 Å². The smallest absolute Gasteiger partial charge is 0.322 e. The molecule has 1 saturated heterocycles. The fourth-order valence-electron chi connectivity index (χ4n) is 4.05. The predicted octanol–water partition coefficient (Wildman–Crippen LogP) is 3.58. The van der Waals surface area contributed by atoms with Crippen LogP contribution in [0.3, 0.4) is 0 Å². The fourth-order valence-corrected chi connectivity index (χ4v) is 5.58. The number of benzene rings is 2. The zero-order valence-electron chi connectivity index (χ0n) is 21.0. The first kappa shape index (κ1) is 26.4. The molecule has 0 spiro atoms. The van der Waals surface area contributed by atoms with Crippen LogP contribution in [0.25, 0.3) is 11.5 Å². The summed E-state index contributed by atoms with van der Waals surface area (Å²) in [5, 5.41) is 10.6. The molecule has 1 aliphatic heterocycles. The van der Waals surface area contributed by atoms with Crippen LogP contribution in [0.2, 0.25) is 0 Å². The van der Waals surface area contributed by atoms with Crippen LogP contribution in [0.5, 0.6) is 17.2 Å². The van der Waals surface area contributed by atoms with E-state index in [0.29, 0.717) is 55.4 Å². The summed E-state index contributed by atoms with van der Waals surface area (Å²) in [6.07, 6.45) is 1.09.